The lowest BCUT2D eigenvalue weighted by Crippen LogP contribution is -2.38. The molecule has 80 valence electrons. The largest absolute Gasteiger partial charge is 0.464 e. The monoisotopic (exact) mass is 208 g/mol. The zero-order valence-corrected chi connectivity index (χ0v) is 7.97. The highest BCUT2D eigenvalue weighted by atomic mass is 16.4. The number of aliphatic hydroxyl groups is 1. The molecule has 15 heavy (non-hydrogen) atoms. The molecule has 1 aliphatic rings. The van der Waals surface area contributed by atoms with Crippen molar-refractivity contribution in [1.29, 1.82) is 0 Å². The normalized spacial score (nSPS) is 23.5. The topological polar surface area (TPSA) is 81.6 Å². The first-order valence-corrected chi connectivity index (χ1v) is 4.70. The number of rotatable bonds is 2. The number of hydrogen-bond donors (Lipinski definition) is 4. The Morgan fingerprint density at radius 2 is 2.00 bits per heavy atom. The standard InChI is InChI=1S/C10H12N2O3/c13-9-5-8(11-12-10(14)15)6-3-1-2-4-7(6)9/h1-4,8-9,11-13H,5H2,(H,14,15). The predicted octanol–water partition coefficient (Wildman–Crippen LogP) is 0.937. The molecular weight excluding hydrogens is 196 g/mol. The maximum atomic E-state index is 10.3. The van der Waals surface area contributed by atoms with Gasteiger partial charge in [0.25, 0.3) is 0 Å². The average molecular weight is 208 g/mol. The smallest absolute Gasteiger partial charge is 0.419 e. The number of fused-ring (bicyclic) bond motifs is 1. The van der Waals surface area contributed by atoms with Gasteiger partial charge in [-0.25, -0.2) is 10.2 Å². The summed E-state index contributed by atoms with van der Waals surface area (Å²) >= 11 is 0. The highest BCUT2D eigenvalue weighted by molar-refractivity contribution is 5.63. The second-order valence-corrected chi connectivity index (χ2v) is 3.51. The summed E-state index contributed by atoms with van der Waals surface area (Å²) in [6, 6.07) is 7.30. The summed E-state index contributed by atoms with van der Waals surface area (Å²) in [5, 5.41) is 18.2. The summed E-state index contributed by atoms with van der Waals surface area (Å²) < 4.78 is 0. The molecular formula is C10H12N2O3. The van der Waals surface area contributed by atoms with Crippen LogP contribution in [0.15, 0.2) is 24.3 Å². The minimum Gasteiger partial charge on any atom is -0.464 e. The zero-order valence-electron chi connectivity index (χ0n) is 7.97. The van der Waals surface area contributed by atoms with E-state index in [2.05, 4.69) is 10.9 Å². The molecule has 0 radical (unpaired) electrons. The van der Waals surface area contributed by atoms with Crippen molar-refractivity contribution in [3.05, 3.63) is 35.4 Å². The molecule has 0 bridgehead atoms. The Kier molecular flexibility index (Phi) is 2.57. The van der Waals surface area contributed by atoms with Crippen molar-refractivity contribution in [3.63, 3.8) is 0 Å². The third-order valence-electron chi connectivity index (χ3n) is 2.54. The van der Waals surface area contributed by atoms with Crippen LogP contribution < -0.4 is 10.9 Å². The van der Waals surface area contributed by atoms with Crippen molar-refractivity contribution in [2.24, 2.45) is 0 Å². The van der Waals surface area contributed by atoms with Gasteiger partial charge in [-0.3, -0.25) is 5.43 Å². The molecule has 1 aromatic rings. The van der Waals surface area contributed by atoms with E-state index in [9.17, 15) is 9.90 Å². The van der Waals surface area contributed by atoms with Gasteiger partial charge in [0.15, 0.2) is 0 Å². The van der Waals surface area contributed by atoms with Crippen LogP contribution in [0, 0.1) is 0 Å². The first-order valence-electron chi connectivity index (χ1n) is 4.70. The van der Waals surface area contributed by atoms with Crippen LogP contribution in [0.25, 0.3) is 0 Å². The third kappa shape index (κ3) is 1.93. The molecule has 0 saturated heterocycles. The SMILES string of the molecule is O=C(O)NNC1CC(O)c2ccccc21. The highest BCUT2D eigenvalue weighted by Gasteiger charge is 2.29. The molecule has 0 aromatic heterocycles. The molecule has 5 heteroatoms. The molecule has 2 atom stereocenters. The van der Waals surface area contributed by atoms with Crippen molar-refractivity contribution >= 4 is 6.09 Å². The molecule has 0 fully saturated rings. The van der Waals surface area contributed by atoms with Gasteiger partial charge in [-0.1, -0.05) is 24.3 Å². The van der Waals surface area contributed by atoms with Gasteiger partial charge >= 0.3 is 6.09 Å². The fourth-order valence-electron chi connectivity index (χ4n) is 1.89. The number of aliphatic hydroxyl groups excluding tert-OH is 1. The molecule has 2 rings (SSSR count). The van der Waals surface area contributed by atoms with Gasteiger partial charge in [0.2, 0.25) is 0 Å². The van der Waals surface area contributed by atoms with E-state index in [1.54, 1.807) is 0 Å². The summed E-state index contributed by atoms with van der Waals surface area (Å²) in [5.74, 6) is 0. The first-order chi connectivity index (χ1) is 7.18. The number of amides is 1. The van der Waals surface area contributed by atoms with E-state index in [0.717, 1.165) is 11.1 Å². The molecule has 1 amide bonds. The zero-order chi connectivity index (χ0) is 10.8. The number of hydrazine groups is 1. The molecule has 1 aromatic carbocycles. The summed E-state index contributed by atoms with van der Waals surface area (Å²) in [7, 11) is 0. The Morgan fingerprint density at radius 3 is 2.67 bits per heavy atom. The van der Waals surface area contributed by atoms with E-state index in [4.69, 9.17) is 5.11 Å². The lowest BCUT2D eigenvalue weighted by molar-refractivity contribution is 0.160. The number of benzene rings is 1. The van der Waals surface area contributed by atoms with Gasteiger partial charge in [-0.05, 0) is 17.5 Å². The quantitative estimate of drug-likeness (QED) is 0.545. The molecule has 0 heterocycles. The fraction of sp³-hybridized carbons (Fsp3) is 0.300. The summed E-state index contributed by atoms with van der Waals surface area (Å²) in [5.41, 5.74) is 6.57. The third-order valence-corrected chi connectivity index (χ3v) is 2.54. The fourth-order valence-corrected chi connectivity index (χ4v) is 1.89. The summed E-state index contributed by atoms with van der Waals surface area (Å²) in [6.45, 7) is 0. The Balaban J connectivity index is 2.14. The van der Waals surface area contributed by atoms with Gasteiger partial charge < -0.3 is 10.2 Å². The molecule has 1 aliphatic carbocycles. The number of carbonyl (C=O) groups is 1. The maximum absolute atomic E-state index is 10.3. The van der Waals surface area contributed by atoms with E-state index in [1.165, 1.54) is 0 Å². The number of hydrogen-bond acceptors (Lipinski definition) is 3. The Labute approximate surface area is 86.7 Å². The lowest BCUT2D eigenvalue weighted by Gasteiger charge is -2.12. The van der Waals surface area contributed by atoms with E-state index in [1.807, 2.05) is 24.3 Å². The molecule has 0 aliphatic heterocycles. The van der Waals surface area contributed by atoms with Crippen LogP contribution in [0.4, 0.5) is 4.79 Å². The van der Waals surface area contributed by atoms with Crippen molar-refractivity contribution in [1.82, 2.24) is 10.9 Å². The van der Waals surface area contributed by atoms with Gasteiger partial charge in [-0.15, -0.1) is 0 Å². The number of nitrogens with one attached hydrogen (secondary N) is 2. The van der Waals surface area contributed by atoms with Crippen LogP contribution in [0.1, 0.15) is 29.7 Å². The van der Waals surface area contributed by atoms with Crippen LogP contribution in [0.2, 0.25) is 0 Å². The van der Waals surface area contributed by atoms with Gasteiger partial charge in [0.1, 0.15) is 0 Å². The second kappa shape index (κ2) is 3.88. The van der Waals surface area contributed by atoms with Crippen LogP contribution in [0.3, 0.4) is 0 Å². The minimum absolute atomic E-state index is 0.160. The minimum atomic E-state index is -1.13. The van der Waals surface area contributed by atoms with Gasteiger partial charge in [-0.2, -0.15) is 0 Å². The van der Waals surface area contributed by atoms with Crippen molar-refractivity contribution in [3.8, 4) is 0 Å². The Bertz CT molecular complexity index is 381. The number of carboxylic acid groups (broad SMARTS) is 1. The van der Waals surface area contributed by atoms with E-state index in [-0.39, 0.29) is 6.04 Å². The van der Waals surface area contributed by atoms with Crippen molar-refractivity contribution in [2.45, 2.75) is 18.6 Å². The Hall–Kier alpha value is -1.59. The Morgan fingerprint density at radius 1 is 1.33 bits per heavy atom. The van der Waals surface area contributed by atoms with Crippen molar-refractivity contribution in [2.75, 3.05) is 0 Å². The van der Waals surface area contributed by atoms with Crippen LogP contribution in [-0.2, 0) is 0 Å². The average Bonchev–Trinajstić information content (AvgIpc) is 2.54. The predicted molar refractivity (Wildman–Crippen MR) is 53.1 cm³/mol. The highest BCUT2D eigenvalue weighted by Crippen LogP contribution is 2.37. The molecule has 0 spiro atoms. The van der Waals surface area contributed by atoms with Crippen LogP contribution >= 0.6 is 0 Å². The van der Waals surface area contributed by atoms with Crippen molar-refractivity contribution < 1.29 is 15.0 Å². The van der Waals surface area contributed by atoms with E-state index < -0.39 is 12.2 Å². The van der Waals surface area contributed by atoms with E-state index >= 15 is 0 Å². The lowest BCUT2D eigenvalue weighted by atomic mass is 10.1. The first kappa shape index (κ1) is 9.95. The van der Waals surface area contributed by atoms with Crippen LogP contribution in [-0.4, -0.2) is 16.3 Å². The molecule has 5 nitrogen and oxygen atoms in total. The molecule has 2 unspecified atom stereocenters. The maximum Gasteiger partial charge on any atom is 0.419 e. The van der Waals surface area contributed by atoms with Crippen LogP contribution in [0.5, 0.6) is 0 Å². The van der Waals surface area contributed by atoms with E-state index in [0.29, 0.717) is 6.42 Å². The van der Waals surface area contributed by atoms with Gasteiger partial charge in [0, 0.05) is 0 Å². The molecule has 4 N–H and O–H groups in total. The second-order valence-electron chi connectivity index (χ2n) is 3.51. The molecule has 0 saturated carbocycles. The summed E-state index contributed by atoms with van der Waals surface area (Å²) in [4.78, 5) is 10.3. The van der Waals surface area contributed by atoms with Gasteiger partial charge in [0.05, 0.1) is 12.1 Å². The summed E-state index contributed by atoms with van der Waals surface area (Å²) in [6.07, 6.45) is -1.16.